The third kappa shape index (κ3) is 6.32. The highest BCUT2D eigenvalue weighted by atomic mass is 19.3. The maximum absolute atomic E-state index is 13.5. The molecular formula is C18H30F2N4O2. The van der Waals surface area contributed by atoms with Crippen LogP contribution in [0.5, 0.6) is 0 Å². The summed E-state index contributed by atoms with van der Waals surface area (Å²) >= 11 is 0. The Morgan fingerprint density at radius 3 is 2.54 bits per heavy atom. The maximum Gasteiger partial charge on any atom is 0.248 e. The number of alkyl halides is 2. The van der Waals surface area contributed by atoms with Gasteiger partial charge in [-0.1, -0.05) is 0 Å². The number of aromatic nitrogens is 2. The number of halogens is 2. The molecule has 0 aromatic carbocycles. The van der Waals surface area contributed by atoms with Gasteiger partial charge in [-0.15, -0.1) is 0 Å². The monoisotopic (exact) mass is 372 g/mol. The summed E-state index contributed by atoms with van der Waals surface area (Å²) in [5.41, 5.74) is 0. The lowest BCUT2D eigenvalue weighted by molar-refractivity contribution is -0.0482. The van der Waals surface area contributed by atoms with Crippen LogP contribution in [0.2, 0.25) is 0 Å². The molecule has 1 fully saturated rings. The molecule has 0 aliphatic carbocycles. The van der Waals surface area contributed by atoms with Gasteiger partial charge < -0.3 is 19.3 Å². The first-order valence-electron chi connectivity index (χ1n) is 9.23. The number of hydrogen-bond acceptors (Lipinski definition) is 6. The van der Waals surface area contributed by atoms with Crippen LogP contribution in [-0.2, 0) is 9.47 Å². The van der Waals surface area contributed by atoms with E-state index in [1.54, 1.807) is 12.4 Å². The smallest absolute Gasteiger partial charge is 0.248 e. The zero-order valence-corrected chi connectivity index (χ0v) is 16.0. The summed E-state index contributed by atoms with van der Waals surface area (Å²) in [4.78, 5) is 12.9. The van der Waals surface area contributed by atoms with E-state index in [0.717, 1.165) is 18.6 Å². The van der Waals surface area contributed by atoms with E-state index in [2.05, 4.69) is 9.97 Å². The van der Waals surface area contributed by atoms with Gasteiger partial charge >= 0.3 is 0 Å². The summed E-state index contributed by atoms with van der Waals surface area (Å²) in [5.74, 6) is -1.67. The van der Waals surface area contributed by atoms with Crippen LogP contribution in [0.4, 0.5) is 20.4 Å². The fourth-order valence-corrected chi connectivity index (χ4v) is 2.98. The van der Waals surface area contributed by atoms with Gasteiger partial charge in [0.05, 0.1) is 32.2 Å². The zero-order chi connectivity index (χ0) is 19.0. The molecule has 26 heavy (non-hydrogen) atoms. The molecule has 0 unspecified atom stereocenters. The Hall–Kier alpha value is -1.54. The van der Waals surface area contributed by atoms with Crippen LogP contribution < -0.4 is 9.80 Å². The van der Waals surface area contributed by atoms with E-state index < -0.39 is 11.8 Å². The van der Waals surface area contributed by atoms with Crippen LogP contribution in [0, 0.1) is 5.92 Å². The molecule has 8 heteroatoms. The zero-order valence-electron chi connectivity index (χ0n) is 16.0. The van der Waals surface area contributed by atoms with Crippen molar-refractivity contribution >= 4 is 11.6 Å². The van der Waals surface area contributed by atoms with Crippen LogP contribution in [0.1, 0.15) is 26.7 Å². The van der Waals surface area contributed by atoms with E-state index in [9.17, 15) is 8.78 Å². The molecule has 0 spiro atoms. The van der Waals surface area contributed by atoms with Gasteiger partial charge in [-0.25, -0.2) is 13.8 Å². The molecule has 0 N–H and O–H groups in total. The minimum Gasteiger partial charge on any atom is -0.379 e. The minimum atomic E-state index is -2.61. The number of likely N-dealkylation sites (N-methyl/N-ethyl adjacent to an activating group) is 1. The lowest BCUT2D eigenvalue weighted by Crippen LogP contribution is -2.40. The van der Waals surface area contributed by atoms with Crippen molar-refractivity contribution in [3.63, 3.8) is 0 Å². The Balaban J connectivity index is 1.82. The Labute approximate surface area is 154 Å². The summed E-state index contributed by atoms with van der Waals surface area (Å²) in [6.07, 6.45) is 4.34. The van der Waals surface area contributed by atoms with Gasteiger partial charge in [0.15, 0.2) is 0 Å². The highest BCUT2D eigenvalue weighted by Gasteiger charge is 2.36. The average molecular weight is 372 g/mol. The van der Waals surface area contributed by atoms with Crippen LogP contribution in [0.15, 0.2) is 12.4 Å². The standard InChI is InChI=1S/C18H30F2N4O2/c1-4-25-11-12-26-10-9-23(3)16-13-21-14-17(22-16)24-7-5-15(6-8-24)18(2,19)20/h13-15H,4-12H2,1-3H3. The fourth-order valence-electron chi connectivity index (χ4n) is 2.98. The lowest BCUT2D eigenvalue weighted by Gasteiger charge is -2.35. The van der Waals surface area contributed by atoms with Crippen molar-refractivity contribution in [2.24, 2.45) is 5.92 Å². The number of nitrogens with zero attached hydrogens (tertiary/aromatic N) is 4. The van der Waals surface area contributed by atoms with Crippen molar-refractivity contribution < 1.29 is 18.3 Å². The Kier molecular flexibility index (Phi) is 7.96. The molecule has 0 amide bonds. The minimum absolute atomic E-state index is 0.471. The van der Waals surface area contributed by atoms with Crippen LogP contribution in [-0.4, -0.2) is 69.0 Å². The van der Waals surface area contributed by atoms with Crippen molar-refractivity contribution in [2.75, 3.05) is 62.9 Å². The first kappa shape index (κ1) is 20.8. The van der Waals surface area contributed by atoms with E-state index in [1.165, 1.54) is 0 Å². The van der Waals surface area contributed by atoms with E-state index in [4.69, 9.17) is 9.47 Å². The first-order chi connectivity index (χ1) is 12.4. The molecule has 6 nitrogen and oxygen atoms in total. The van der Waals surface area contributed by atoms with E-state index in [-0.39, 0.29) is 0 Å². The van der Waals surface area contributed by atoms with Crippen molar-refractivity contribution in [1.29, 1.82) is 0 Å². The molecular weight excluding hydrogens is 342 g/mol. The quantitative estimate of drug-likeness (QED) is 0.589. The molecule has 1 aromatic heterocycles. The third-order valence-corrected chi connectivity index (χ3v) is 4.68. The van der Waals surface area contributed by atoms with Gasteiger partial charge in [0, 0.05) is 39.2 Å². The summed E-state index contributed by atoms with van der Waals surface area (Å²) in [6, 6.07) is 0. The van der Waals surface area contributed by atoms with Gasteiger partial charge in [0.1, 0.15) is 11.6 Å². The predicted octanol–water partition coefficient (Wildman–Crippen LogP) is 2.84. The van der Waals surface area contributed by atoms with Gasteiger partial charge in [0.25, 0.3) is 0 Å². The van der Waals surface area contributed by atoms with Crippen molar-refractivity contribution in [2.45, 2.75) is 32.6 Å². The summed E-state index contributed by atoms with van der Waals surface area (Å²) in [5, 5.41) is 0. The van der Waals surface area contributed by atoms with Crippen LogP contribution in [0.3, 0.4) is 0 Å². The average Bonchev–Trinajstić information content (AvgIpc) is 2.64. The fraction of sp³-hybridized carbons (Fsp3) is 0.778. The second-order valence-corrected chi connectivity index (χ2v) is 6.68. The predicted molar refractivity (Wildman–Crippen MR) is 98.2 cm³/mol. The number of hydrogen-bond donors (Lipinski definition) is 0. The maximum atomic E-state index is 13.5. The lowest BCUT2D eigenvalue weighted by atomic mass is 9.91. The number of piperidine rings is 1. The largest absolute Gasteiger partial charge is 0.379 e. The van der Waals surface area contributed by atoms with Crippen molar-refractivity contribution in [1.82, 2.24) is 9.97 Å². The number of rotatable bonds is 10. The van der Waals surface area contributed by atoms with E-state index in [1.807, 2.05) is 23.8 Å². The molecule has 1 aliphatic rings. The van der Waals surface area contributed by atoms with Gasteiger partial charge in [-0.3, -0.25) is 4.98 Å². The molecule has 0 bridgehead atoms. The summed E-state index contributed by atoms with van der Waals surface area (Å²) in [6.45, 7) is 7.26. The summed E-state index contributed by atoms with van der Waals surface area (Å²) < 4.78 is 37.6. The Morgan fingerprint density at radius 2 is 1.88 bits per heavy atom. The SMILES string of the molecule is CCOCCOCCN(C)c1cncc(N2CCC(C(C)(F)F)CC2)n1. The van der Waals surface area contributed by atoms with Gasteiger partial charge in [0.2, 0.25) is 5.92 Å². The highest BCUT2D eigenvalue weighted by Crippen LogP contribution is 2.33. The molecule has 2 heterocycles. The molecule has 148 valence electrons. The second kappa shape index (κ2) is 9.97. The Morgan fingerprint density at radius 1 is 1.19 bits per heavy atom. The normalized spacial score (nSPS) is 16.1. The summed E-state index contributed by atoms with van der Waals surface area (Å²) in [7, 11) is 1.93. The first-order valence-corrected chi connectivity index (χ1v) is 9.23. The highest BCUT2D eigenvalue weighted by molar-refractivity contribution is 5.45. The van der Waals surface area contributed by atoms with E-state index >= 15 is 0 Å². The van der Waals surface area contributed by atoms with E-state index in [0.29, 0.717) is 58.9 Å². The number of anilines is 2. The third-order valence-electron chi connectivity index (χ3n) is 4.68. The Bertz CT molecular complexity index is 534. The van der Waals surface area contributed by atoms with Crippen molar-refractivity contribution in [3.8, 4) is 0 Å². The topological polar surface area (TPSA) is 50.7 Å². The second-order valence-electron chi connectivity index (χ2n) is 6.68. The molecule has 1 aliphatic heterocycles. The molecule has 0 radical (unpaired) electrons. The molecule has 0 saturated carbocycles. The van der Waals surface area contributed by atoms with Gasteiger partial charge in [-0.2, -0.15) is 0 Å². The van der Waals surface area contributed by atoms with Gasteiger partial charge in [-0.05, 0) is 26.7 Å². The molecule has 1 aromatic rings. The number of ether oxygens (including phenoxy) is 2. The van der Waals surface area contributed by atoms with Crippen LogP contribution in [0.25, 0.3) is 0 Å². The molecule has 0 atom stereocenters. The molecule has 2 rings (SSSR count). The van der Waals surface area contributed by atoms with Crippen molar-refractivity contribution in [3.05, 3.63) is 12.4 Å². The van der Waals surface area contributed by atoms with Crippen LogP contribution >= 0.6 is 0 Å². The molecule has 1 saturated heterocycles.